The largest absolute Gasteiger partial charge is 0.481 e. The molecular weight excluding hydrogens is 556 g/mol. The van der Waals surface area contributed by atoms with E-state index in [0.29, 0.717) is 52.4 Å². The van der Waals surface area contributed by atoms with Gasteiger partial charge in [-0.3, -0.25) is 9.59 Å². The number of aldehydes is 2. The third-order valence-corrected chi connectivity index (χ3v) is 7.59. The molecule has 0 aromatic heterocycles. The molecule has 0 saturated heterocycles. The molecule has 0 aliphatic carbocycles. The van der Waals surface area contributed by atoms with Gasteiger partial charge in [-0.15, -0.1) is 0 Å². The summed E-state index contributed by atoms with van der Waals surface area (Å²) in [6.45, 7) is 3.23. The molecule has 0 N–H and O–H groups in total. The number of carbonyl (C=O) groups excluding carboxylic acids is 4. The second kappa shape index (κ2) is 11.6. The molecule has 220 valence electrons. The van der Waals surface area contributed by atoms with Crippen molar-refractivity contribution >= 4 is 46.1 Å². The van der Waals surface area contributed by atoms with E-state index in [0.717, 1.165) is 21.9 Å². The minimum atomic E-state index is -0.529. The van der Waals surface area contributed by atoms with E-state index in [1.807, 2.05) is 12.1 Å². The Bertz CT molecular complexity index is 1650. The number of carbonyl (C=O) groups is 4. The monoisotopic (exact) mass is 584 g/mol. The smallest absolute Gasteiger partial charge is 0.344 e. The molecular formula is C33H28O10. The van der Waals surface area contributed by atoms with Gasteiger partial charge in [0.15, 0.2) is 25.8 Å². The van der Waals surface area contributed by atoms with Gasteiger partial charge in [0.2, 0.25) is 6.29 Å². The van der Waals surface area contributed by atoms with Gasteiger partial charge in [-0.1, -0.05) is 12.1 Å². The fraction of sp³-hybridized carbons (Fsp3) is 0.273. The average Bonchev–Trinajstić information content (AvgIpc) is 3.01. The number of ether oxygens (including phenoxy) is 6. The van der Waals surface area contributed by atoms with E-state index >= 15 is 0 Å². The maximum absolute atomic E-state index is 12.3. The maximum Gasteiger partial charge on any atom is 0.344 e. The molecule has 6 rings (SSSR count). The van der Waals surface area contributed by atoms with E-state index in [9.17, 15) is 19.2 Å². The summed E-state index contributed by atoms with van der Waals surface area (Å²) < 4.78 is 33.6. The van der Waals surface area contributed by atoms with Crippen molar-refractivity contribution in [3.8, 4) is 23.0 Å². The Kier molecular flexibility index (Phi) is 7.58. The summed E-state index contributed by atoms with van der Waals surface area (Å²) >= 11 is 0. The molecule has 43 heavy (non-hydrogen) atoms. The molecule has 2 bridgehead atoms. The van der Waals surface area contributed by atoms with Crippen LogP contribution in [0.1, 0.15) is 58.0 Å². The number of rotatable bonds is 10. The second-order valence-corrected chi connectivity index (χ2v) is 9.98. The van der Waals surface area contributed by atoms with Crippen LogP contribution in [0, 0.1) is 0 Å². The Hall–Kier alpha value is -5.12. The van der Waals surface area contributed by atoms with E-state index in [4.69, 9.17) is 28.4 Å². The van der Waals surface area contributed by atoms with Crippen LogP contribution >= 0.6 is 0 Å². The number of benzene rings is 4. The fourth-order valence-corrected chi connectivity index (χ4v) is 5.90. The average molecular weight is 585 g/mol. The molecule has 0 saturated carbocycles. The minimum absolute atomic E-state index is 0.193. The van der Waals surface area contributed by atoms with Gasteiger partial charge in [-0.2, -0.15) is 0 Å². The third kappa shape index (κ3) is 4.98. The summed E-state index contributed by atoms with van der Waals surface area (Å²) in [5.41, 5.74) is 2.37. The van der Waals surface area contributed by atoms with E-state index in [-0.39, 0.29) is 43.8 Å². The molecule has 2 aliphatic rings. The Morgan fingerprint density at radius 3 is 1.56 bits per heavy atom. The molecule has 0 fully saturated rings. The first-order valence-electron chi connectivity index (χ1n) is 14.0. The first-order chi connectivity index (χ1) is 21.0. The summed E-state index contributed by atoms with van der Waals surface area (Å²) in [7, 11) is 0. The molecule has 0 unspecified atom stereocenters. The van der Waals surface area contributed by atoms with Gasteiger partial charge in [0, 0.05) is 23.5 Å². The quantitative estimate of drug-likeness (QED) is 0.183. The third-order valence-electron chi connectivity index (χ3n) is 7.59. The number of hydrogen-bond donors (Lipinski definition) is 0. The highest BCUT2D eigenvalue weighted by Crippen LogP contribution is 2.53. The first-order valence-corrected chi connectivity index (χ1v) is 14.0. The topological polar surface area (TPSA) is 124 Å². The lowest BCUT2D eigenvalue weighted by molar-refractivity contribution is -0.146. The Morgan fingerprint density at radius 2 is 1.14 bits per heavy atom. The molecule has 2 aliphatic heterocycles. The van der Waals surface area contributed by atoms with Crippen LogP contribution in [0.4, 0.5) is 0 Å². The SMILES string of the molecule is CCOC(=O)COc1ccc2c3c(ccc2c1C=O)OC1CC3c2c(ccc3c(C=O)c(OCC(=O)OCC)ccc23)O1. The lowest BCUT2D eigenvalue weighted by atomic mass is 9.79. The molecule has 10 heteroatoms. The molecule has 0 radical (unpaired) electrons. The summed E-state index contributed by atoms with van der Waals surface area (Å²) in [5, 5.41) is 2.88. The van der Waals surface area contributed by atoms with Gasteiger partial charge >= 0.3 is 11.9 Å². The van der Waals surface area contributed by atoms with Gasteiger partial charge in [0.25, 0.3) is 0 Å². The van der Waals surface area contributed by atoms with Crippen molar-refractivity contribution in [1.29, 1.82) is 0 Å². The lowest BCUT2D eigenvalue weighted by Gasteiger charge is -2.39. The molecule has 4 aromatic rings. The zero-order valence-electron chi connectivity index (χ0n) is 23.5. The number of esters is 2. The van der Waals surface area contributed by atoms with Gasteiger partial charge in [0.05, 0.1) is 24.3 Å². The van der Waals surface area contributed by atoms with Crippen LogP contribution in [0.3, 0.4) is 0 Å². The Labute approximate surface area is 246 Å². The van der Waals surface area contributed by atoms with E-state index in [1.54, 1.807) is 50.2 Å². The van der Waals surface area contributed by atoms with Gasteiger partial charge in [-0.05, 0) is 71.8 Å². The molecule has 0 amide bonds. The number of hydrogen-bond acceptors (Lipinski definition) is 10. The summed E-state index contributed by atoms with van der Waals surface area (Å²) in [5.74, 6) is 0.541. The van der Waals surface area contributed by atoms with Crippen LogP contribution in [-0.4, -0.2) is 57.2 Å². The highest BCUT2D eigenvalue weighted by molar-refractivity contribution is 6.05. The van der Waals surface area contributed by atoms with Gasteiger partial charge in [-0.25, -0.2) is 9.59 Å². The van der Waals surface area contributed by atoms with Crippen molar-refractivity contribution in [3.63, 3.8) is 0 Å². The van der Waals surface area contributed by atoms with Crippen LogP contribution in [0.25, 0.3) is 21.5 Å². The van der Waals surface area contributed by atoms with Crippen LogP contribution in [0.5, 0.6) is 23.0 Å². The normalized spacial score (nSPS) is 16.2. The predicted octanol–water partition coefficient (Wildman–Crippen LogP) is 5.13. The van der Waals surface area contributed by atoms with Gasteiger partial charge in [0.1, 0.15) is 23.0 Å². The maximum atomic E-state index is 12.3. The molecule has 10 nitrogen and oxygen atoms in total. The Morgan fingerprint density at radius 1 is 0.698 bits per heavy atom. The summed E-state index contributed by atoms with van der Waals surface area (Å²) in [4.78, 5) is 48.3. The summed E-state index contributed by atoms with van der Waals surface area (Å²) in [6, 6.07) is 14.2. The van der Waals surface area contributed by atoms with Crippen molar-refractivity contribution < 1.29 is 47.6 Å². The second-order valence-electron chi connectivity index (χ2n) is 9.98. The standard InChI is InChI=1S/C33H28O10/c1-3-38-29(36)16-40-25-9-7-20-18(23(25)14-34)5-11-27-32(20)22-13-31(42-27)43-28-12-6-19-21(33(22)28)8-10-26(24(19)15-35)41-17-30(37)39-4-2/h5-12,14-15,22,31H,3-4,13,16-17H2,1-2H3. The Balaban J connectivity index is 1.45. The van der Waals surface area contributed by atoms with Crippen LogP contribution in [-0.2, 0) is 19.1 Å². The molecule has 4 aromatic carbocycles. The highest BCUT2D eigenvalue weighted by Gasteiger charge is 2.39. The van der Waals surface area contributed by atoms with Crippen molar-refractivity contribution in [2.45, 2.75) is 32.5 Å². The van der Waals surface area contributed by atoms with E-state index in [2.05, 4.69) is 0 Å². The molecule has 2 heterocycles. The van der Waals surface area contributed by atoms with Crippen LogP contribution < -0.4 is 18.9 Å². The summed E-state index contributed by atoms with van der Waals surface area (Å²) in [6.07, 6.45) is 1.41. The van der Waals surface area contributed by atoms with Crippen LogP contribution in [0.2, 0.25) is 0 Å². The first kappa shape index (κ1) is 28.0. The van der Waals surface area contributed by atoms with E-state index < -0.39 is 18.2 Å². The predicted molar refractivity (Wildman–Crippen MR) is 154 cm³/mol. The van der Waals surface area contributed by atoms with E-state index in [1.165, 1.54) is 0 Å². The van der Waals surface area contributed by atoms with Crippen molar-refractivity contribution in [2.75, 3.05) is 26.4 Å². The fourth-order valence-electron chi connectivity index (χ4n) is 5.90. The number of fused-ring (bicyclic) bond motifs is 10. The molecule has 0 atom stereocenters. The van der Waals surface area contributed by atoms with Crippen LogP contribution in [0.15, 0.2) is 48.5 Å². The highest BCUT2D eigenvalue weighted by atomic mass is 16.7. The van der Waals surface area contributed by atoms with Gasteiger partial charge < -0.3 is 28.4 Å². The zero-order chi connectivity index (χ0) is 30.1. The van der Waals surface area contributed by atoms with Crippen molar-refractivity contribution in [2.24, 2.45) is 0 Å². The molecule has 0 spiro atoms. The zero-order valence-corrected chi connectivity index (χ0v) is 23.5. The van der Waals surface area contributed by atoms with Crippen molar-refractivity contribution in [3.05, 3.63) is 70.8 Å². The van der Waals surface area contributed by atoms with Crippen molar-refractivity contribution in [1.82, 2.24) is 0 Å². The minimum Gasteiger partial charge on any atom is -0.481 e. The lowest BCUT2D eigenvalue weighted by Crippen LogP contribution is -2.35.